The summed E-state index contributed by atoms with van der Waals surface area (Å²) in [5, 5.41) is 41.5. The molecule has 0 aromatic heterocycles. The smallest absolute Gasteiger partial charge is 0.329 e. The van der Waals surface area contributed by atoms with E-state index in [0.717, 1.165) is 0 Å². The normalized spacial score (nSPS) is 26.3. The average Bonchev–Trinajstić information content (AvgIpc) is 2.66. The van der Waals surface area contributed by atoms with E-state index in [9.17, 15) is 30.0 Å². The van der Waals surface area contributed by atoms with Crippen LogP contribution in [0.1, 0.15) is 12.5 Å². The molecule has 1 amide bonds. The third kappa shape index (κ3) is 5.29. The zero-order chi connectivity index (χ0) is 20.8. The summed E-state index contributed by atoms with van der Waals surface area (Å²) in [7, 11) is 0. The molecule has 1 aromatic rings. The van der Waals surface area contributed by atoms with Gasteiger partial charge in [0.15, 0.2) is 0 Å². The maximum absolute atomic E-state index is 12.5. The molecule has 1 aromatic carbocycles. The number of benzene rings is 1. The number of aromatic hydroxyl groups is 1. The molecule has 0 spiro atoms. The number of carbonyl (C=O) groups excluding carboxylic acids is 2. The Morgan fingerprint density at radius 3 is 2.39 bits per heavy atom. The van der Waals surface area contributed by atoms with Crippen molar-refractivity contribution in [2.45, 2.75) is 43.7 Å². The van der Waals surface area contributed by atoms with E-state index in [1.165, 1.54) is 24.3 Å². The van der Waals surface area contributed by atoms with Crippen LogP contribution < -0.4 is 11.1 Å². The predicted molar refractivity (Wildman–Crippen MR) is 99.0 cm³/mol. The van der Waals surface area contributed by atoms with Crippen molar-refractivity contribution in [1.29, 1.82) is 0 Å². The summed E-state index contributed by atoms with van der Waals surface area (Å²) < 4.78 is 4.97. The SMILES string of the molecule is CCOC(=O)[C@H](NC(=O)[C@@H](N)Cc1ccc(O)cc1)[C@@H]1C=C[C@H](O)[C@H](O)[C@H]1O. The first-order chi connectivity index (χ1) is 13.2. The zero-order valence-corrected chi connectivity index (χ0v) is 15.4. The molecule has 1 aliphatic rings. The molecule has 154 valence electrons. The molecule has 28 heavy (non-hydrogen) atoms. The minimum Gasteiger partial charge on any atom is -0.508 e. The molecule has 0 aliphatic heterocycles. The lowest BCUT2D eigenvalue weighted by molar-refractivity contribution is -0.152. The number of ether oxygens (including phenoxy) is 1. The minimum absolute atomic E-state index is 0.0580. The number of rotatable bonds is 7. The van der Waals surface area contributed by atoms with Gasteiger partial charge in [-0.3, -0.25) is 4.79 Å². The summed E-state index contributed by atoms with van der Waals surface area (Å²) in [6.45, 7) is 1.65. The van der Waals surface area contributed by atoms with Gasteiger partial charge in [0.25, 0.3) is 0 Å². The molecular weight excluding hydrogens is 368 g/mol. The molecule has 0 fully saturated rings. The van der Waals surface area contributed by atoms with E-state index in [-0.39, 0.29) is 18.8 Å². The van der Waals surface area contributed by atoms with E-state index in [1.807, 2.05) is 0 Å². The number of hydrogen-bond donors (Lipinski definition) is 6. The van der Waals surface area contributed by atoms with Gasteiger partial charge in [-0.1, -0.05) is 24.3 Å². The minimum atomic E-state index is -1.51. The predicted octanol–water partition coefficient (Wildman–Crippen LogP) is -1.42. The summed E-state index contributed by atoms with van der Waals surface area (Å²) in [4.78, 5) is 24.9. The Morgan fingerprint density at radius 2 is 1.79 bits per heavy atom. The van der Waals surface area contributed by atoms with E-state index >= 15 is 0 Å². The quantitative estimate of drug-likeness (QED) is 0.242. The Bertz CT molecular complexity index is 707. The molecule has 0 saturated carbocycles. The molecule has 2 rings (SSSR count). The number of hydrogen-bond acceptors (Lipinski definition) is 8. The Kier molecular flexibility index (Phi) is 7.53. The molecule has 0 saturated heterocycles. The Balaban J connectivity index is 2.13. The van der Waals surface area contributed by atoms with Gasteiger partial charge in [0.1, 0.15) is 24.0 Å². The van der Waals surface area contributed by atoms with Gasteiger partial charge >= 0.3 is 5.97 Å². The second-order valence-corrected chi connectivity index (χ2v) is 6.65. The molecule has 0 unspecified atom stereocenters. The standard InChI is InChI=1S/C19H26N2O7/c1-2-28-19(27)15(12-7-8-14(23)17(25)16(12)24)21-18(26)13(20)9-10-3-5-11(22)6-4-10/h3-8,12-17,22-25H,2,9,20H2,1H3,(H,21,26)/t12-,13-,14-,15+,16-,17-/m0/s1. The molecule has 0 heterocycles. The third-order valence-electron chi connectivity index (χ3n) is 4.58. The van der Waals surface area contributed by atoms with Crippen LogP contribution in [0.15, 0.2) is 36.4 Å². The van der Waals surface area contributed by atoms with Crippen LogP contribution in [0, 0.1) is 5.92 Å². The average molecular weight is 394 g/mol. The lowest BCUT2D eigenvalue weighted by Gasteiger charge is -2.35. The topological polar surface area (TPSA) is 162 Å². The van der Waals surface area contributed by atoms with Crippen LogP contribution in [0.4, 0.5) is 0 Å². The van der Waals surface area contributed by atoms with Crippen LogP contribution in [0.2, 0.25) is 0 Å². The highest BCUT2D eigenvalue weighted by Crippen LogP contribution is 2.23. The lowest BCUT2D eigenvalue weighted by atomic mass is 9.83. The number of phenolic OH excluding ortho intramolecular Hbond substituents is 1. The number of nitrogens with one attached hydrogen (secondary N) is 1. The van der Waals surface area contributed by atoms with Crippen molar-refractivity contribution in [2.75, 3.05) is 6.61 Å². The van der Waals surface area contributed by atoms with E-state index < -0.39 is 48.2 Å². The summed E-state index contributed by atoms with van der Waals surface area (Å²) >= 11 is 0. The van der Waals surface area contributed by atoms with E-state index in [1.54, 1.807) is 19.1 Å². The first-order valence-electron chi connectivity index (χ1n) is 8.97. The Morgan fingerprint density at radius 1 is 1.14 bits per heavy atom. The van der Waals surface area contributed by atoms with E-state index in [4.69, 9.17) is 10.5 Å². The van der Waals surface area contributed by atoms with Crippen LogP contribution in [-0.4, -0.2) is 69.3 Å². The first-order valence-corrected chi connectivity index (χ1v) is 8.97. The monoisotopic (exact) mass is 394 g/mol. The van der Waals surface area contributed by atoms with Crippen molar-refractivity contribution in [2.24, 2.45) is 11.7 Å². The fourth-order valence-corrected chi connectivity index (χ4v) is 2.99. The van der Waals surface area contributed by atoms with Crippen LogP contribution in [0.5, 0.6) is 5.75 Å². The summed E-state index contributed by atoms with van der Waals surface area (Å²) in [5.41, 5.74) is 6.64. The number of nitrogens with two attached hydrogens (primary N) is 1. The number of aliphatic hydroxyl groups excluding tert-OH is 3. The fraction of sp³-hybridized carbons (Fsp3) is 0.474. The van der Waals surface area contributed by atoms with Crippen LogP contribution in [0.25, 0.3) is 0 Å². The molecule has 6 atom stereocenters. The number of amides is 1. The Hall–Kier alpha value is -2.46. The molecule has 0 bridgehead atoms. The molecule has 9 heteroatoms. The fourth-order valence-electron chi connectivity index (χ4n) is 2.99. The zero-order valence-electron chi connectivity index (χ0n) is 15.4. The molecule has 9 nitrogen and oxygen atoms in total. The van der Waals surface area contributed by atoms with Gasteiger partial charge in [-0.25, -0.2) is 4.79 Å². The Labute approximate surface area is 162 Å². The van der Waals surface area contributed by atoms with Crippen LogP contribution >= 0.6 is 0 Å². The summed E-state index contributed by atoms with van der Waals surface area (Å²) in [6.07, 6.45) is -1.50. The third-order valence-corrected chi connectivity index (χ3v) is 4.58. The van der Waals surface area contributed by atoms with Gasteiger partial charge in [0.05, 0.1) is 18.8 Å². The van der Waals surface area contributed by atoms with Crippen molar-refractivity contribution < 1.29 is 34.8 Å². The largest absolute Gasteiger partial charge is 0.508 e. The number of aliphatic hydroxyl groups is 3. The maximum atomic E-state index is 12.5. The van der Waals surface area contributed by atoms with Gasteiger partial charge < -0.3 is 36.2 Å². The molecule has 1 aliphatic carbocycles. The summed E-state index contributed by atoms with van der Waals surface area (Å²) in [5.74, 6) is -2.34. The van der Waals surface area contributed by atoms with Crippen molar-refractivity contribution in [3.63, 3.8) is 0 Å². The van der Waals surface area contributed by atoms with Gasteiger partial charge in [0, 0.05) is 5.92 Å². The maximum Gasteiger partial charge on any atom is 0.329 e. The van der Waals surface area contributed by atoms with E-state index in [0.29, 0.717) is 5.56 Å². The highest BCUT2D eigenvalue weighted by molar-refractivity contribution is 5.88. The van der Waals surface area contributed by atoms with Gasteiger partial charge in [-0.2, -0.15) is 0 Å². The number of phenols is 1. The summed E-state index contributed by atoms with van der Waals surface area (Å²) in [6, 6.07) is 3.90. The number of carbonyl (C=O) groups is 2. The van der Waals surface area contributed by atoms with Gasteiger partial charge in [0.2, 0.25) is 5.91 Å². The van der Waals surface area contributed by atoms with Gasteiger partial charge in [-0.15, -0.1) is 0 Å². The van der Waals surface area contributed by atoms with Crippen molar-refractivity contribution >= 4 is 11.9 Å². The molecular formula is C19H26N2O7. The highest BCUT2D eigenvalue weighted by Gasteiger charge is 2.41. The molecule has 7 N–H and O–H groups in total. The van der Waals surface area contributed by atoms with Crippen molar-refractivity contribution in [3.05, 3.63) is 42.0 Å². The molecule has 0 radical (unpaired) electrons. The second kappa shape index (κ2) is 9.65. The van der Waals surface area contributed by atoms with Gasteiger partial charge in [-0.05, 0) is 31.0 Å². The lowest BCUT2D eigenvalue weighted by Crippen LogP contribution is -2.57. The van der Waals surface area contributed by atoms with Crippen LogP contribution in [-0.2, 0) is 20.7 Å². The van der Waals surface area contributed by atoms with E-state index in [2.05, 4.69) is 5.32 Å². The van der Waals surface area contributed by atoms with Crippen LogP contribution in [0.3, 0.4) is 0 Å². The highest BCUT2D eigenvalue weighted by atomic mass is 16.5. The van der Waals surface area contributed by atoms with Crippen molar-refractivity contribution in [3.8, 4) is 5.75 Å². The number of esters is 1. The van der Waals surface area contributed by atoms with Crippen molar-refractivity contribution in [1.82, 2.24) is 5.32 Å². The first kappa shape index (κ1) is 21.8. The second-order valence-electron chi connectivity index (χ2n) is 6.65.